The van der Waals surface area contributed by atoms with E-state index in [4.69, 9.17) is 0 Å². The zero-order valence-corrected chi connectivity index (χ0v) is 10.7. The van der Waals surface area contributed by atoms with Crippen LogP contribution in [0.1, 0.15) is 26.3 Å². The Labute approximate surface area is 101 Å². The first kappa shape index (κ1) is 13.5. The molecule has 0 unspecified atom stereocenters. The van der Waals surface area contributed by atoms with Gasteiger partial charge in [-0.1, -0.05) is 32.9 Å². The van der Waals surface area contributed by atoms with Crippen molar-refractivity contribution in [1.82, 2.24) is 0 Å². The average molecular weight is 257 g/mol. The third-order valence-corrected chi connectivity index (χ3v) is 3.43. The molecule has 5 nitrogen and oxygen atoms in total. The quantitative estimate of drug-likeness (QED) is 0.818. The summed E-state index contributed by atoms with van der Waals surface area (Å²) in [7, 11) is -4.10. The maximum Gasteiger partial charge on any atom is 0.420 e. The summed E-state index contributed by atoms with van der Waals surface area (Å²) >= 11 is 0. The van der Waals surface area contributed by atoms with Gasteiger partial charge in [0.05, 0.1) is 0 Å². The minimum Gasteiger partial charge on any atom is -0.334 e. The van der Waals surface area contributed by atoms with Crippen LogP contribution >= 0.6 is 0 Å². The highest BCUT2D eigenvalue weighted by molar-refractivity contribution is 7.87. The predicted molar refractivity (Wildman–Crippen MR) is 63.0 cm³/mol. The van der Waals surface area contributed by atoms with Crippen LogP contribution in [-0.2, 0) is 19.7 Å². The molecule has 0 saturated carbocycles. The SMILES string of the molecule is CC(C)(C)c1ccc(S(=O)(=O)OC(N)=O)cc1. The van der Waals surface area contributed by atoms with Crippen molar-refractivity contribution in [2.24, 2.45) is 5.73 Å². The van der Waals surface area contributed by atoms with Crippen molar-refractivity contribution in [3.63, 3.8) is 0 Å². The lowest BCUT2D eigenvalue weighted by molar-refractivity contribution is 0.212. The van der Waals surface area contributed by atoms with E-state index in [1.807, 2.05) is 20.8 Å². The molecule has 0 radical (unpaired) electrons. The number of carbonyl (C=O) groups excluding carboxylic acids is 1. The average Bonchev–Trinajstić information content (AvgIpc) is 2.14. The molecule has 0 aromatic heterocycles. The van der Waals surface area contributed by atoms with E-state index in [2.05, 4.69) is 9.92 Å². The Hall–Kier alpha value is -1.56. The molecule has 0 aliphatic carbocycles. The van der Waals surface area contributed by atoms with Crippen LogP contribution in [0.5, 0.6) is 0 Å². The Morgan fingerprint density at radius 3 is 2.00 bits per heavy atom. The summed E-state index contributed by atoms with van der Waals surface area (Å²) in [6.45, 7) is 6.03. The van der Waals surface area contributed by atoms with Gasteiger partial charge in [0.1, 0.15) is 4.90 Å². The first-order valence-corrected chi connectivity index (χ1v) is 6.38. The van der Waals surface area contributed by atoms with E-state index in [0.29, 0.717) is 0 Å². The maximum absolute atomic E-state index is 11.5. The Bertz CT molecular complexity index is 511. The minimum absolute atomic E-state index is 0.0766. The fourth-order valence-electron chi connectivity index (χ4n) is 1.28. The molecule has 0 atom stereocenters. The maximum atomic E-state index is 11.5. The molecule has 6 heteroatoms. The van der Waals surface area contributed by atoms with Gasteiger partial charge in [0.25, 0.3) is 0 Å². The van der Waals surface area contributed by atoms with Crippen molar-refractivity contribution < 1.29 is 17.4 Å². The van der Waals surface area contributed by atoms with Gasteiger partial charge in [-0.15, -0.1) is 0 Å². The van der Waals surface area contributed by atoms with Crippen LogP contribution in [0.3, 0.4) is 0 Å². The molecule has 0 aliphatic heterocycles. The summed E-state index contributed by atoms with van der Waals surface area (Å²) in [6.07, 6.45) is -1.34. The van der Waals surface area contributed by atoms with Gasteiger partial charge in [0.15, 0.2) is 0 Å². The van der Waals surface area contributed by atoms with E-state index in [1.54, 1.807) is 12.1 Å². The standard InChI is InChI=1S/C11H15NO4S/c1-11(2,3)8-4-6-9(7-5-8)17(14,15)16-10(12)13/h4-7H,1-3H3,(H2,12,13). The molecule has 17 heavy (non-hydrogen) atoms. The molecule has 1 aromatic carbocycles. The van der Waals surface area contributed by atoms with Crippen LogP contribution in [0.15, 0.2) is 29.2 Å². The normalized spacial score (nSPS) is 12.2. The topological polar surface area (TPSA) is 86.5 Å². The molecule has 94 valence electrons. The number of hydrogen-bond donors (Lipinski definition) is 1. The fraction of sp³-hybridized carbons (Fsp3) is 0.364. The van der Waals surface area contributed by atoms with Crippen molar-refractivity contribution in [3.8, 4) is 0 Å². The third-order valence-electron chi connectivity index (χ3n) is 2.20. The van der Waals surface area contributed by atoms with Crippen LogP contribution in [0.25, 0.3) is 0 Å². The number of primary amides is 1. The number of rotatable bonds is 2. The summed E-state index contributed by atoms with van der Waals surface area (Å²) in [5.74, 6) is 0. The molecular weight excluding hydrogens is 242 g/mol. The molecule has 0 heterocycles. The van der Waals surface area contributed by atoms with Gasteiger partial charge in [-0.2, -0.15) is 8.42 Å². The number of hydrogen-bond acceptors (Lipinski definition) is 4. The van der Waals surface area contributed by atoms with Gasteiger partial charge in [-0.3, -0.25) is 0 Å². The van der Waals surface area contributed by atoms with Gasteiger partial charge in [0, 0.05) is 0 Å². The molecule has 0 saturated heterocycles. The summed E-state index contributed by atoms with van der Waals surface area (Å²) in [4.78, 5) is 10.3. The zero-order chi connectivity index (χ0) is 13.3. The summed E-state index contributed by atoms with van der Waals surface area (Å²) < 4.78 is 27.0. The molecule has 0 fully saturated rings. The largest absolute Gasteiger partial charge is 0.420 e. The van der Waals surface area contributed by atoms with Gasteiger partial charge in [-0.25, -0.2) is 4.79 Å². The zero-order valence-electron chi connectivity index (χ0n) is 9.93. The lowest BCUT2D eigenvalue weighted by Crippen LogP contribution is -2.19. The van der Waals surface area contributed by atoms with Gasteiger partial charge in [0.2, 0.25) is 0 Å². The van der Waals surface area contributed by atoms with E-state index in [0.717, 1.165) is 5.56 Å². The molecule has 0 aliphatic rings. The molecule has 2 N–H and O–H groups in total. The third kappa shape index (κ3) is 3.45. The van der Waals surface area contributed by atoms with E-state index in [9.17, 15) is 13.2 Å². The number of benzene rings is 1. The van der Waals surface area contributed by atoms with E-state index >= 15 is 0 Å². The first-order valence-electron chi connectivity index (χ1n) is 4.97. The highest BCUT2D eigenvalue weighted by atomic mass is 32.2. The number of carbonyl (C=O) groups is 1. The molecule has 0 spiro atoms. The van der Waals surface area contributed by atoms with Crippen molar-refractivity contribution in [2.75, 3.05) is 0 Å². The van der Waals surface area contributed by atoms with Crippen molar-refractivity contribution in [2.45, 2.75) is 31.1 Å². The molecule has 1 aromatic rings. The van der Waals surface area contributed by atoms with Crippen LogP contribution in [0.4, 0.5) is 4.79 Å². The van der Waals surface area contributed by atoms with Crippen LogP contribution in [0, 0.1) is 0 Å². The van der Waals surface area contributed by atoms with Crippen LogP contribution in [0.2, 0.25) is 0 Å². The Morgan fingerprint density at radius 2 is 1.65 bits per heavy atom. The second-order valence-electron chi connectivity index (χ2n) is 4.63. The second-order valence-corrected chi connectivity index (χ2v) is 6.18. The van der Waals surface area contributed by atoms with Crippen molar-refractivity contribution in [3.05, 3.63) is 29.8 Å². The summed E-state index contributed by atoms with van der Waals surface area (Å²) in [5, 5.41) is 0. The van der Waals surface area contributed by atoms with Gasteiger partial charge in [-0.05, 0) is 23.1 Å². The number of nitrogens with two attached hydrogens (primary N) is 1. The van der Waals surface area contributed by atoms with Gasteiger partial charge < -0.3 is 9.92 Å². The lowest BCUT2D eigenvalue weighted by Gasteiger charge is -2.18. The lowest BCUT2D eigenvalue weighted by atomic mass is 9.87. The van der Waals surface area contributed by atoms with Gasteiger partial charge >= 0.3 is 16.2 Å². The molecular formula is C11H15NO4S. The van der Waals surface area contributed by atoms with Crippen molar-refractivity contribution in [1.29, 1.82) is 0 Å². The van der Waals surface area contributed by atoms with Crippen molar-refractivity contribution >= 4 is 16.2 Å². The molecule has 1 rings (SSSR count). The smallest absolute Gasteiger partial charge is 0.334 e. The Kier molecular flexibility index (Phi) is 3.47. The second kappa shape index (κ2) is 4.37. The van der Waals surface area contributed by atoms with E-state index in [-0.39, 0.29) is 10.3 Å². The van der Waals surface area contributed by atoms with Crippen LogP contribution < -0.4 is 5.73 Å². The Morgan fingerprint density at radius 1 is 1.18 bits per heavy atom. The highest BCUT2D eigenvalue weighted by Gasteiger charge is 2.20. The summed E-state index contributed by atoms with van der Waals surface area (Å²) in [5.41, 5.74) is 5.58. The molecule has 1 amide bonds. The van der Waals surface area contributed by atoms with E-state index < -0.39 is 16.2 Å². The summed E-state index contributed by atoms with van der Waals surface area (Å²) in [6, 6.07) is 6.13. The fourth-order valence-corrected chi connectivity index (χ4v) is 2.06. The monoisotopic (exact) mass is 257 g/mol. The minimum atomic E-state index is -4.10. The first-order chi connectivity index (χ1) is 7.63. The van der Waals surface area contributed by atoms with Crippen LogP contribution in [-0.4, -0.2) is 14.5 Å². The number of amides is 1. The van der Waals surface area contributed by atoms with E-state index in [1.165, 1.54) is 12.1 Å². The molecule has 0 bridgehead atoms. The highest BCUT2D eigenvalue weighted by Crippen LogP contribution is 2.23. The Balaban J connectivity index is 3.08. The predicted octanol–water partition coefficient (Wildman–Crippen LogP) is 1.77.